The Hall–Kier alpha value is -0.630. The smallest absolute Gasteiger partial charge is 0.262 e. The first-order valence-corrected chi connectivity index (χ1v) is 9.11. The molecule has 20 heavy (non-hydrogen) atoms. The molecule has 8 heteroatoms. The molecular weight excluding hydrogens is 370 g/mol. The number of hydrogen-bond acceptors (Lipinski definition) is 4. The van der Waals surface area contributed by atoms with Crippen LogP contribution in [0.2, 0.25) is 0 Å². The Morgan fingerprint density at radius 1 is 1.45 bits per heavy atom. The van der Waals surface area contributed by atoms with Crippen molar-refractivity contribution in [2.75, 3.05) is 13.2 Å². The number of hydrogen-bond donors (Lipinski definition) is 1. The minimum atomic E-state index is -3.90. The van der Waals surface area contributed by atoms with E-state index < -0.39 is 9.05 Å². The number of halogens is 2. The quantitative estimate of drug-likeness (QED) is 0.814. The zero-order valence-electron chi connectivity index (χ0n) is 10.4. The first-order valence-electron chi connectivity index (χ1n) is 6.01. The summed E-state index contributed by atoms with van der Waals surface area (Å²) in [6.45, 7) is 1.18. The summed E-state index contributed by atoms with van der Waals surface area (Å²) in [5, 5.41) is 2.82. The first kappa shape index (κ1) is 15.8. The van der Waals surface area contributed by atoms with Crippen molar-refractivity contribution < 1.29 is 17.9 Å². The lowest BCUT2D eigenvalue weighted by molar-refractivity contribution is 0.0624. The average molecular weight is 383 g/mol. The summed E-state index contributed by atoms with van der Waals surface area (Å²) in [7, 11) is 1.42. The molecule has 1 atom stereocenters. The molecule has 1 unspecified atom stereocenters. The van der Waals surface area contributed by atoms with Crippen molar-refractivity contribution >= 4 is 41.6 Å². The van der Waals surface area contributed by atoms with E-state index >= 15 is 0 Å². The molecule has 1 heterocycles. The van der Waals surface area contributed by atoms with E-state index in [0.717, 1.165) is 12.8 Å². The molecule has 1 amide bonds. The van der Waals surface area contributed by atoms with E-state index in [4.69, 9.17) is 15.4 Å². The molecule has 1 fully saturated rings. The average Bonchev–Trinajstić information content (AvgIpc) is 2.39. The van der Waals surface area contributed by atoms with Crippen molar-refractivity contribution in [1.82, 2.24) is 5.32 Å². The van der Waals surface area contributed by atoms with Crippen LogP contribution in [0.5, 0.6) is 0 Å². The van der Waals surface area contributed by atoms with Crippen LogP contribution in [0.1, 0.15) is 23.2 Å². The van der Waals surface area contributed by atoms with Crippen LogP contribution in [0, 0.1) is 0 Å². The highest BCUT2D eigenvalue weighted by Gasteiger charge is 2.20. The van der Waals surface area contributed by atoms with Crippen molar-refractivity contribution in [3.63, 3.8) is 0 Å². The van der Waals surface area contributed by atoms with Crippen LogP contribution in [0.25, 0.3) is 0 Å². The first-order chi connectivity index (χ1) is 9.38. The van der Waals surface area contributed by atoms with Gasteiger partial charge >= 0.3 is 0 Å². The van der Waals surface area contributed by atoms with Crippen LogP contribution in [-0.4, -0.2) is 33.6 Å². The molecule has 2 rings (SSSR count). The molecule has 1 saturated heterocycles. The number of benzene rings is 1. The van der Waals surface area contributed by atoms with Crippen LogP contribution < -0.4 is 5.32 Å². The number of ether oxygens (including phenoxy) is 1. The summed E-state index contributed by atoms with van der Waals surface area (Å²) in [6.07, 6.45) is 1.75. The molecule has 1 aliphatic heterocycles. The van der Waals surface area contributed by atoms with Gasteiger partial charge in [0.25, 0.3) is 15.0 Å². The molecule has 0 spiro atoms. The topological polar surface area (TPSA) is 72.5 Å². The molecular formula is C12H13BrClNO4S. The Bertz CT molecular complexity index is 614. The van der Waals surface area contributed by atoms with Gasteiger partial charge in [-0.3, -0.25) is 4.79 Å². The molecule has 0 saturated carbocycles. The number of rotatable bonds is 3. The molecule has 1 aromatic carbocycles. The summed E-state index contributed by atoms with van der Waals surface area (Å²) in [5.74, 6) is -0.338. The van der Waals surface area contributed by atoms with Crippen molar-refractivity contribution in [3.05, 3.63) is 28.2 Å². The van der Waals surface area contributed by atoms with Crippen LogP contribution >= 0.6 is 26.6 Å². The maximum absolute atomic E-state index is 12.1. The Kier molecular flexibility index (Phi) is 5.06. The lowest BCUT2D eigenvalue weighted by Crippen LogP contribution is -2.40. The predicted octanol–water partition coefficient (Wildman–Crippen LogP) is 2.29. The van der Waals surface area contributed by atoms with Gasteiger partial charge in [0.15, 0.2) is 0 Å². The second kappa shape index (κ2) is 6.43. The Morgan fingerprint density at radius 3 is 2.80 bits per heavy atom. The van der Waals surface area contributed by atoms with Gasteiger partial charge in [-0.1, -0.05) is 0 Å². The second-order valence-electron chi connectivity index (χ2n) is 4.47. The van der Waals surface area contributed by atoms with Crippen molar-refractivity contribution in [1.29, 1.82) is 0 Å². The molecule has 0 aliphatic carbocycles. The zero-order chi connectivity index (χ0) is 14.8. The third kappa shape index (κ3) is 3.94. The zero-order valence-corrected chi connectivity index (χ0v) is 13.6. The summed E-state index contributed by atoms with van der Waals surface area (Å²) >= 11 is 3.10. The van der Waals surface area contributed by atoms with Gasteiger partial charge in [-0.15, -0.1) is 0 Å². The van der Waals surface area contributed by atoms with Crippen molar-refractivity contribution in [3.8, 4) is 0 Å². The summed E-state index contributed by atoms with van der Waals surface area (Å²) < 4.78 is 28.4. The van der Waals surface area contributed by atoms with Gasteiger partial charge in [-0.05, 0) is 47.0 Å². The van der Waals surface area contributed by atoms with Gasteiger partial charge in [-0.2, -0.15) is 0 Å². The molecule has 1 aromatic rings. The molecule has 0 radical (unpaired) electrons. The van der Waals surface area contributed by atoms with Gasteiger partial charge in [0.05, 0.1) is 17.5 Å². The highest BCUT2D eigenvalue weighted by molar-refractivity contribution is 9.10. The van der Waals surface area contributed by atoms with E-state index in [0.29, 0.717) is 17.7 Å². The Balaban J connectivity index is 2.18. The highest BCUT2D eigenvalue weighted by atomic mass is 79.9. The lowest BCUT2D eigenvalue weighted by atomic mass is 10.1. The van der Waals surface area contributed by atoms with Crippen molar-refractivity contribution in [2.45, 2.75) is 23.8 Å². The summed E-state index contributed by atoms with van der Waals surface area (Å²) in [6, 6.07) is 4.23. The monoisotopic (exact) mass is 381 g/mol. The largest absolute Gasteiger partial charge is 0.379 e. The van der Waals surface area contributed by atoms with Gasteiger partial charge in [0, 0.05) is 27.3 Å². The highest BCUT2D eigenvalue weighted by Crippen LogP contribution is 2.26. The van der Waals surface area contributed by atoms with Crippen LogP contribution in [0.3, 0.4) is 0 Å². The van der Waals surface area contributed by atoms with E-state index in [-0.39, 0.29) is 22.4 Å². The molecule has 1 N–H and O–H groups in total. The van der Waals surface area contributed by atoms with Crippen molar-refractivity contribution in [2.24, 2.45) is 0 Å². The molecule has 0 aromatic heterocycles. The fraction of sp³-hybridized carbons (Fsp3) is 0.417. The maximum Gasteiger partial charge on any atom is 0.262 e. The minimum absolute atomic E-state index is 0.0454. The predicted molar refractivity (Wildman–Crippen MR) is 78.5 cm³/mol. The fourth-order valence-corrected chi connectivity index (χ4v) is 4.07. The number of carbonyl (C=O) groups excluding carboxylic acids is 1. The van der Waals surface area contributed by atoms with Gasteiger partial charge < -0.3 is 10.1 Å². The number of nitrogens with one attached hydrogen (secondary N) is 1. The minimum Gasteiger partial charge on any atom is -0.379 e. The SMILES string of the molecule is O=C(NC1CCCOC1)c1ccc(Br)c(S(=O)(=O)Cl)c1. The Labute approximate surface area is 130 Å². The van der Waals surface area contributed by atoms with Gasteiger partial charge in [-0.25, -0.2) is 8.42 Å². The second-order valence-corrected chi connectivity index (χ2v) is 7.86. The van der Waals surface area contributed by atoms with Crippen LogP contribution in [0.15, 0.2) is 27.6 Å². The van der Waals surface area contributed by atoms with E-state index in [1.54, 1.807) is 0 Å². The molecule has 5 nitrogen and oxygen atoms in total. The lowest BCUT2D eigenvalue weighted by Gasteiger charge is -2.23. The third-order valence-electron chi connectivity index (χ3n) is 2.95. The molecule has 1 aliphatic rings. The van der Waals surface area contributed by atoms with Gasteiger partial charge in [0.2, 0.25) is 0 Å². The van der Waals surface area contributed by atoms with E-state index in [1.165, 1.54) is 18.2 Å². The van der Waals surface area contributed by atoms with E-state index in [2.05, 4.69) is 21.2 Å². The van der Waals surface area contributed by atoms with E-state index in [9.17, 15) is 13.2 Å². The fourth-order valence-electron chi connectivity index (χ4n) is 1.95. The summed E-state index contributed by atoms with van der Waals surface area (Å²) in [4.78, 5) is 12.0. The number of amides is 1. The van der Waals surface area contributed by atoms with Crippen LogP contribution in [0.4, 0.5) is 0 Å². The normalized spacial score (nSPS) is 19.6. The van der Waals surface area contributed by atoms with Crippen LogP contribution in [-0.2, 0) is 13.8 Å². The third-order valence-corrected chi connectivity index (χ3v) is 5.27. The van der Waals surface area contributed by atoms with Gasteiger partial charge in [0.1, 0.15) is 0 Å². The molecule has 110 valence electrons. The summed E-state index contributed by atoms with van der Waals surface area (Å²) in [5.41, 5.74) is 0.248. The maximum atomic E-state index is 12.1. The van der Waals surface area contributed by atoms with E-state index in [1.807, 2.05) is 0 Å². The Morgan fingerprint density at radius 2 is 2.20 bits per heavy atom. The number of carbonyl (C=O) groups is 1. The molecule has 0 bridgehead atoms. The standard InChI is InChI=1S/C12H13BrClNO4S/c13-10-4-3-8(6-11(10)20(14,17)18)12(16)15-9-2-1-5-19-7-9/h3-4,6,9H,1-2,5,7H2,(H,15,16).